The molecule has 0 aliphatic heterocycles. The molecule has 1 fully saturated rings. The summed E-state index contributed by atoms with van der Waals surface area (Å²) in [5.41, 5.74) is 4.37. The van der Waals surface area contributed by atoms with Crippen molar-refractivity contribution in [3.63, 3.8) is 0 Å². The zero-order valence-corrected chi connectivity index (χ0v) is 18.0. The number of pyridine rings is 1. The number of nitrogens with zero attached hydrogens (tertiary/aromatic N) is 2. The molecule has 1 aliphatic carbocycles. The molecule has 2 aromatic heterocycles. The van der Waals surface area contributed by atoms with Crippen LogP contribution in [0.3, 0.4) is 0 Å². The molecule has 1 saturated carbocycles. The first kappa shape index (κ1) is 19.9. The number of aromatic nitrogens is 2. The minimum Gasteiger partial charge on any atom is -0.378 e. The SMILES string of the molecule is CC(C)Cn1cc(-c2cnsc2)cc(NC2CCC(c3ccccc3)CC2)c1=O. The van der Waals surface area contributed by atoms with E-state index in [-0.39, 0.29) is 5.56 Å². The lowest BCUT2D eigenvalue weighted by molar-refractivity contribution is 0.411. The first-order chi connectivity index (χ1) is 14.1. The van der Waals surface area contributed by atoms with Gasteiger partial charge in [-0.1, -0.05) is 44.2 Å². The van der Waals surface area contributed by atoms with Crippen molar-refractivity contribution >= 4 is 17.2 Å². The van der Waals surface area contributed by atoms with Crippen LogP contribution in [0.25, 0.3) is 11.1 Å². The molecule has 29 heavy (non-hydrogen) atoms. The van der Waals surface area contributed by atoms with Gasteiger partial charge < -0.3 is 9.88 Å². The van der Waals surface area contributed by atoms with E-state index in [0.717, 1.165) is 49.0 Å². The first-order valence-corrected chi connectivity index (χ1v) is 11.4. The van der Waals surface area contributed by atoms with Crippen LogP contribution < -0.4 is 10.9 Å². The number of nitrogens with one attached hydrogen (secondary N) is 1. The topological polar surface area (TPSA) is 46.9 Å². The predicted molar refractivity (Wildman–Crippen MR) is 122 cm³/mol. The maximum absolute atomic E-state index is 13.1. The Morgan fingerprint density at radius 2 is 1.90 bits per heavy atom. The molecule has 0 unspecified atom stereocenters. The number of rotatable bonds is 6. The normalized spacial score (nSPS) is 19.4. The van der Waals surface area contributed by atoms with Gasteiger partial charge in [0.15, 0.2) is 0 Å². The van der Waals surface area contributed by atoms with Crippen molar-refractivity contribution in [2.45, 2.75) is 58.0 Å². The van der Waals surface area contributed by atoms with Crippen LogP contribution in [-0.2, 0) is 6.54 Å². The molecule has 0 saturated heterocycles. The van der Waals surface area contributed by atoms with Crippen molar-refractivity contribution in [3.05, 3.63) is 70.1 Å². The Morgan fingerprint density at radius 1 is 1.14 bits per heavy atom. The molecule has 0 amide bonds. The highest BCUT2D eigenvalue weighted by Crippen LogP contribution is 2.34. The number of anilines is 1. The molecule has 1 aromatic carbocycles. The van der Waals surface area contributed by atoms with Gasteiger partial charge in [0.25, 0.3) is 5.56 Å². The minimum absolute atomic E-state index is 0.0795. The van der Waals surface area contributed by atoms with Gasteiger partial charge in [-0.25, -0.2) is 4.37 Å². The fourth-order valence-electron chi connectivity index (χ4n) is 4.29. The predicted octanol–water partition coefficient (Wildman–Crippen LogP) is 5.77. The monoisotopic (exact) mass is 407 g/mol. The zero-order chi connectivity index (χ0) is 20.2. The van der Waals surface area contributed by atoms with Crippen LogP contribution in [0.15, 0.2) is 59.0 Å². The van der Waals surface area contributed by atoms with Crippen LogP contribution >= 0.6 is 11.5 Å². The Kier molecular flexibility index (Phi) is 6.14. The maximum atomic E-state index is 13.1. The van der Waals surface area contributed by atoms with E-state index >= 15 is 0 Å². The standard InChI is InChI=1S/C24H29N3OS/c1-17(2)14-27-15-20(21-13-25-29-16-21)12-23(24(27)28)26-22-10-8-19(9-11-22)18-6-4-3-5-7-18/h3-7,12-13,15-17,19,22,26H,8-11,14H2,1-2H3. The van der Waals surface area contributed by atoms with Crippen LogP contribution in [0.4, 0.5) is 5.69 Å². The van der Waals surface area contributed by atoms with Crippen molar-refractivity contribution in [2.75, 3.05) is 5.32 Å². The van der Waals surface area contributed by atoms with Gasteiger partial charge in [-0.05, 0) is 60.7 Å². The van der Waals surface area contributed by atoms with E-state index in [1.807, 2.05) is 28.4 Å². The largest absolute Gasteiger partial charge is 0.378 e. The fourth-order valence-corrected chi connectivity index (χ4v) is 4.84. The summed E-state index contributed by atoms with van der Waals surface area (Å²) in [5.74, 6) is 1.05. The number of benzene rings is 1. The van der Waals surface area contributed by atoms with Gasteiger partial charge >= 0.3 is 0 Å². The van der Waals surface area contributed by atoms with Gasteiger partial charge in [0, 0.05) is 41.5 Å². The quantitative estimate of drug-likeness (QED) is 0.564. The third-order valence-corrected chi connectivity index (χ3v) is 6.36. The summed E-state index contributed by atoms with van der Waals surface area (Å²) in [4.78, 5) is 13.1. The maximum Gasteiger partial charge on any atom is 0.273 e. The van der Waals surface area contributed by atoms with Crippen molar-refractivity contribution < 1.29 is 0 Å². The van der Waals surface area contributed by atoms with E-state index in [1.165, 1.54) is 17.1 Å². The van der Waals surface area contributed by atoms with Crippen molar-refractivity contribution in [1.82, 2.24) is 8.94 Å². The summed E-state index contributed by atoms with van der Waals surface area (Å²) in [6.07, 6.45) is 8.36. The molecule has 4 nitrogen and oxygen atoms in total. The fraction of sp³-hybridized carbons (Fsp3) is 0.417. The average molecular weight is 408 g/mol. The lowest BCUT2D eigenvalue weighted by Gasteiger charge is -2.30. The van der Waals surface area contributed by atoms with E-state index in [4.69, 9.17) is 0 Å². The summed E-state index contributed by atoms with van der Waals surface area (Å²) in [7, 11) is 0. The molecular weight excluding hydrogens is 378 g/mol. The highest BCUT2D eigenvalue weighted by molar-refractivity contribution is 7.03. The molecule has 4 rings (SSSR count). The lowest BCUT2D eigenvalue weighted by atomic mass is 9.82. The highest BCUT2D eigenvalue weighted by Gasteiger charge is 2.23. The minimum atomic E-state index is 0.0795. The average Bonchev–Trinajstić information content (AvgIpc) is 3.27. The first-order valence-electron chi connectivity index (χ1n) is 10.6. The summed E-state index contributed by atoms with van der Waals surface area (Å²) >= 11 is 1.44. The Labute approximate surface area is 176 Å². The molecular formula is C24H29N3OS. The van der Waals surface area contributed by atoms with Crippen LogP contribution in [0.1, 0.15) is 51.0 Å². The highest BCUT2D eigenvalue weighted by atomic mass is 32.1. The van der Waals surface area contributed by atoms with Crippen molar-refractivity contribution in [3.8, 4) is 11.1 Å². The van der Waals surface area contributed by atoms with Crippen LogP contribution in [0.5, 0.6) is 0 Å². The number of hydrogen-bond donors (Lipinski definition) is 1. The molecule has 0 bridgehead atoms. The lowest BCUT2D eigenvalue weighted by Crippen LogP contribution is -2.31. The van der Waals surface area contributed by atoms with Gasteiger partial charge in [-0.3, -0.25) is 4.79 Å². The Balaban J connectivity index is 1.52. The third-order valence-electron chi connectivity index (χ3n) is 5.77. The van der Waals surface area contributed by atoms with Gasteiger partial charge in [-0.2, -0.15) is 0 Å². The van der Waals surface area contributed by atoms with Gasteiger partial charge in [0.05, 0.1) is 0 Å². The summed E-state index contributed by atoms with van der Waals surface area (Å²) < 4.78 is 6.08. The van der Waals surface area contributed by atoms with Crippen molar-refractivity contribution in [2.24, 2.45) is 5.92 Å². The molecule has 2 heterocycles. The van der Waals surface area contributed by atoms with Gasteiger partial charge in [-0.15, -0.1) is 0 Å². The zero-order valence-electron chi connectivity index (χ0n) is 17.2. The van der Waals surface area contributed by atoms with E-state index in [9.17, 15) is 4.79 Å². The molecule has 0 radical (unpaired) electrons. The molecule has 0 atom stereocenters. The molecule has 152 valence electrons. The summed E-state index contributed by atoms with van der Waals surface area (Å²) in [5, 5.41) is 5.62. The Bertz CT molecular complexity index is 971. The smallest absolute Gasteiger partial charge is 0.273 e. The molecule has 3 aromatic rings. The molecule has 5 heteroatoms. The molecule has 1 N–H and O–H groups in total. The van der Waals surface area contributed by atoms with Crippen molar-refractivity contribution in [1.29, 1.82) is 0 Å². The molecule has 0 spiro atoms. The number of hydrogen-bond acceptors (Lipinski definition) is 4. The second-order valence-corrected chi connectivity index (χ2v) is 9.17. The summed E-state index contributed by atoms with van der Waals surface area (Å²) in [6, 6.07) is 13.2. The van der Waals surface area contributed by atoms with E-state index < -0.39 is 0 Å². The molecule has 1 aliphatic rings. The second-order valence-electron chi connectivity index (χ2n) is 8.51. The summed E-state index contributed by atoms with van der Waals surface area (Å²) in [6.45, 7) is 5.01. The van der Waals surface area contributed by atoms with Crippen LogP contribution in [0.2, 0.25) is 0 Å². The third kappa shape index (κ3) is 4.78. The van der Waals surface area contributed by atoms with Crippen LogP contribution in [0, 0.1) is 5.92 Å². The van der Waals surface area contributed by atoms with E-state index in [2.05, 4.69) is 53.9 Å². The second kappa shape index (κ2) is 8.95. The van der Waals surface area contributed by atoms with Gasteiger partial charge in [0.2, 0.25) is 0 Å². The Morgan fingerprint density at radius 3 is 2.55 bits per heavy atom. The van der Waals surface area contributed by atoms with Crippen LogP contribution in [-0.4, -0.2) is 15.0 Å². The van der Waals surface area contributed by atoms with E-state index in [1.54, 1.807) is 0 Å². The van der Waals surface area contributed by atoms with Gasteiger partial charge in [0.1, 0.15) is 5.69 Å². The van der Waals surface area contributed by atoms with E-state index in [0.29, 0.717) is 17.9 Å². The Hall–Kier alpha value is -2.40.